The van der Waals surface area contributed by atoms with Crippen LogP contribution < -0.4 is 14.8 Å². The number of esters is 1. The number of ether oxygens (including phenoxy) is 3. The van der Waals surface area contributed by atoms with Crippen molar-refractivity contribution in [2.24, 2.45) is 0 Å². The summed E-state index contributed by atoms with van der Waals surface area (Å²) in [6, 6.07) is 3.48. The van der Waals surface area contributed by atoms with Gasteiger partial charge < -0.3 is 19.5 Å². The summed E-state index contributed by atoms with van der Waals surface area (Å²) in [5.74, 6) is 1.08. The third-order valence-electron chi connectivity index (χ3n) is 2.91. The molecular formula is C15H22BrNO4. The zero-order valence-electron chi connectivity index (χ0n) is 12.9. The number of hydrogen-bond donors (Lipinski definition) is 1. The second-order valence-electron chi connectivity index (χ2n) is 4.58. The van der Waals surface area contributed by atoms with Crippen LogP contribution in [0.15, 0.2) is 16.6 Å². The van der Waals surface area contributed by atoms with Crippen LogP contribution in [0.4, 0.5) is 0 Å². The van der Waals surface area contributed by atoms with Crippen LogP contribution in [0.3, 0.4) is 0 Å². The van der Waals surface area contributed by atoms with E-state index in [1.165, 1.54) is 7.11 Å². The van der Waals surface area contributed by atoms with Gasteiger partial charge >= 0.3 is 5.97 Å². The number of benzene rings is 1. The first-order valence-electron chi connectivity index (χ1n) is 6.83. The summed E-state index contributed by atoms with van der Waals surface area (Å²) >= 11 is 3.49. The number of rotatable bonds is 8. The second-order valence-corrected chi connectivity index (χ2v) is 5.44. The maximum atomic E-state index is 11.4. The van der Waals surface area contributed by atoms with Crippen molar-refractivity contribution < 1.29 is 19.0 Å². The first kappa shape index (κ1) is 17.8. The predicted octanol–water partition coefficient (Wildman–Crippen LogP) is 2.90. The lowest BCUT2D eigenvalue weighted by Crippen LogP contribution is -2.34. The lowest BCUT2D eigenvalue weighted by molar-refractivity contribution is -0.142. The lowest BCUT2D eigenvalue weighted by atomic mass is 10.2. The van der Waals surface area contributed by atoms with Gasteiger partial charge in [0.15, 0.2) is 11.5 Å². The largest absolute Gasteiger partial charge is 0.493 e. The van der Waals surface area contributed by atoms with Crippen molar-refractivity contribution in [3.8, 4) is 11.5 Å². The van der Waals surface area contributed by atoms with Crippen LogP contribution in [-0.4, -0.2) is 32.8 Å². The second kappa shape index (κ2) is 8.89. The first-order chi connectivity index (χ1) is 10.0. The molecule has 6 heteroatoms. The molecule has 5 nitrogen and oxygen atoms in total. The molecule has 1 N–H and O–H groups in total. The van der Waals surface area contributed by atoms with Crippen LogP contribution in [0.25, 0.3) is 0 Å². The SMILES string of the molecule is CCCOc1c(Br)cc(CNC(C)C(=O)OC)cc1OC. The maximum Gasteiger partial charge on any atom is 0.322 e. The molecule has 1 unspecified atom stereocenters. The van der Waals surface area contributed by atoms with Crippen molar-refractivity contribution in [2.45, 2.75) is 32.9 Å². The highest BCUT2D eigenvalue weighted by Crippen LogP contribution is 2.36. The average molecular weight is 360 g/mol. The van der Waals surface area contributed by atoms with E-state index < -0.39 is 0 Å². The van der Waals surface area contributed by atoms with E-state index in [2.05, 4.69) is 26.0 Å². The quantitative estimate of drug-likeness (QED) is 0.723. The van der Waals surface area contributed by atoms with Crippen LogP contribution in [0.2, 0.25) is 0 Å². The molecule has 1 atom stereocenters. The van der Waals surface area contributed by atoms with Gasteiger partial charge in [-0.25, -0.2) is 0 Å². The molecule has 0 fully saturated rings. The van der Waals surface area contributed by atoms with E-state index >= 15 is 0 Å². The molecule has 0 saturated carbocycles. The minimum absolute atomic E-state index is 0.288. The average Bonchev–Trinajstić information content (AvgIpc) is 2.50. The molecule has 0 saturated heterocycles. The molecule has 118 valence electrons. The lowest BCUT2D eigenvalue weighted by Gasteiger charge is -2.15. The maximum absolute atomic E-state index is 11.4. The number of halogens is 1. The Labute approximate surface area is 134 Å². The van der Waals surface area contributed by atoms with Gasteiger partial charge in [-0.1, -0.05) is 6.92 Å². The third-order valence-corrected chi connectivity index (χ3v) is 3.50. The summed E-state index contributed by atoms with van der Waals surface area (Å²) in [6.45, 7) is 4.97. The highest BCUT2D eigenvalue weighted by Gasteiger charge is 2.14. The van der Waals surface area contributed by atoms with Crippen molar-refractivity contribution >= 4 is 21.9 Å². The highest BCUT2D eigenvalue weighted by atomic mass is 79.9. The van der Waals surface area contributed by atoms with Crippen LogP contribution in [0.1, 0.15) is 25.8 Å². The zero-order chi connectivity index (χ0) is 15.8. The van der Waals surface area contributed by atoms with Gasteiger partial charge in [0.2, 0.25) is 0 Å². The molecular weight excluding hydrogens is 338 g/mol. The van der Waals surface area contributed by atoms with Gasteiger partial charge in [-0.3, -0.25) is 4.79 Å². The number of carbonyl (C=O) groups is 1. The molecule has 0 bridgehead atoms. The van der Waals surface area contributed by atoms with E-state index in [1.807, 2.05) is 19.1 Å². The molecule has 0 amide bonds. The Balaban J connectivity index is 2.81. The smallest absolute Gasteiger partial charge is 0.322 e. The van der Waals surface area contributed by atoms with E-state index in [9.17, 15) is 4.79 Å². The molecule has 0 aliphatic rings. The van der Waals surface area contributed by atoms with E-state index in [1.54, 1.807) is 14.0 Å². The van der Waals surface area contributed by atoms with Crippen LogP contribution in [-0.2, 0) is 16.1 Å². The molecule has 1 rings (SSSR count). The van der Waals surface area contributed by atoms with Crippen molar-refractivity contribution in [2.75, 3.05) is 20.8 Å². The zero-order valence-corrected chi connectivity index (χ0v) is 14.5. The Hall–Kier alpha value is -1.27. The fourth-order valence-corrected chi connectivity index (χ4v) is 2.35. The van der Waals surface area contributed by atoms with Gasteiger partial charge in [0.05, 0.1) is 25.3 Å². The van der Waals surface area contributed by atoms with Gasteiger partial charge in [-0.05, 0) is 47.0 Å². The van der Waals surface area contributed by atoms with Crippen LogP contribution in [0.5, 0.6) is 11.5 Å². The van der Waals surface area contributed by atoms with Crippen molar-refractivity contribution in [3.05, 3.63) is 22.2 Å². The van der Waals surface area contributed by atoms with Crippen molar-refractivity contribution in [3.63, 3.8) is 0 Å². The van der Waals surface area contributed by atoms with E-state index in [4.69, 9.17) is 9.47 Å². The number of methoxy groups -OCH3 is 2. The fourth-order valence-electron chi connectivity index (χ4n) is 1.75. The molecule has 0 spiro atoms. The van der Waals surface area contributed by atoms with Crippen molar-refractivity contribution in [1.82, 2.24) is 5.32 Å². The monoisotopic (exact) mass is 359 g/mol. The van der Waals surface area contributed by atoms with E-state index in [-0.39, 0.29) is 12.0 Å². The number of hydrogen-bond acceptors (Lipinski definition) is 5. The third kappa shape index (κ3) is 5.21. The standard InChI is InChI=1S/C15H22BrNO4/c1-5-6-21-14-12(16)7-11(8-13(14)19-3)9-17-10(2)15(18)20-4/h7-8,10,17H,5-6,9H2,1-4H3. The number of carbonyl (C=O) groups excluding carboxylic acids is 1. The molecule has 21 heavy (non-hydrogen) atoms. The Kier molecular flexibility index (Phi) is 7.53. The summed E-state index contributed by atoms with van der Waals surface area (Å²) < 4.78 is 16.6. The minimum Gasteiger partial charge on any atom is -0.493 e. The molecule has 1 aromatic rings. The Morgan fingerprint density at radius 3 is 2.67 bits per heavy atom. The van der Waals surface area contributed by atoms with Crippen LogP contribution >= 0.6 is 15.9 Å². The normalized spacial score (nSPS) is 11.9. The summed E-state index contributed by atoms with van der Waals surface area (Å²) in [6.07, 6.45) is 0.926. The molecule has 1 aromatic carbocycles. The van der Waals surface area contributed by atoms with Gasteiger partial charge in [-0.15, -0.1) is 0 Å². The summed E-state index contributed by atoms with van der Waals surface area (Å²) in [5, 5.41) is 3.10. The van der Waals surface area contributed by atoms with Crippen molar-refractivity contribution in [1.29, 1.82) is 0 Å². The molecule has 0 heterocycles. The summed E-state index contributed by atoms with van der Waals surface area (Å²) in [5.41, 5.74) is 0.985. The highest BCUT2D eigenvalue weighted by molar-refractivity contribution is 9.10. The van der Waals surface area contributed by atoms with Gasteiger partial charge in [0.25, 0.3) is 0 Å². The number of nitrogens with one attached hydrogen (secondary N) is 1. The fraction of sp³-hybridized carbons (Fsp3) is 0.533. The summed E-state index contributed by atoms with van der Waals surface area (Å²) in [7, 11) is 2.98. The minimum atomic E-state index is -0.365. The topological polar surface area (TPSA) is 56.8 Å². The first-order valence-corrected chi connectivity index (χ1v) is 7.63. The molecule has 0 aliphatic heterocycles. The van der Waals surface area contributed by atoms with Gasteiger partial charge in [0.1, 0.15) is 6.04 Å². The van der Waals surface area contributed by atoms with Crippen LogP contribution in [0, 0.1) is 0 Å². The summed E-state index contributed by atoms with van der Waals surface area (Å²) in [4.78, 5) is 11.4. The molecule has 0 aliphatic carbocycles. The predicted molar refractivity (Wildman–Crippen MR) is 84.8 cm³/mol. The molecule has 0 radical (unpaired) electrons. The van der Waals surface area contributed by atoms with Gasteiger partial charge in [-0.2, -0.15) is 0 Å². The van der Waals surface area contributed by atoms with E-state index in [0.29, 0.717) is 24.7 Å². The Bertz CT molecular complexity index is 479. The Morgan fingerprint density at radius 2 is 2.10 bits per heavy atom. The molecule has 0 aromatic heterocycles. The Morgan fingerprint density at radius 1 is 1.38 bits per heavy atom. The van der Waals surface area contributed by atoms with Gasteiger partial charge in [0, 0.05) is 6.54 Å². The van der Waals surface area contributed by atoms with E-state index in [0.717, 1.165) is 16.5 Å².